The average molecular weight is 793 g/mol. The molecule has 2 heterocycles. The highest BCUT2D eigenvalue weighted by atomic mass is 32.1. The number of hydrogen-bond donors (Lipinski definition) is 0. The monoisotopic (exact) mass is 792 g/mol. The second kappa shape index (κ2) is 13.4. The molecule has 0 saturated heterocycles. The quantitative estimate of drug-likeness (QED) is 0.158. The number of anilines is 3. The Morgan fingerprint density at radius 3 is 1.75 bits per heavy atom. The first-order chi connectivity index (χ1) is 30.2. The third kappa shape index (κ3) is 5.28. The third-order valence-corrected chi connectivity index (χ3v) is 13.9. The fourth-order valence-corrected chi connectivity index (χ4v) is 11.1. The molecule has 13 rings (SSSR count). The van der Waals surface area contributed by atoms with Gasteiger partial charge < -0.3 is 9.47 Å². The van der Waals surface area contributed by atoms with Gasteiger partial charge in [-0.25, -0.2) is 0 Å². The summed E-state index contributed by atoms with van der Waals surface area (Å²) in [5, 5.41) is 15.3. The van der Waals surface area contributed by atoms with Gasteiger partial charge in [0.2, 0.25) is 0 Å². The SMILES string of the molecule is c1ccc(-n2c3ccccc3c3cc(N(c4ccc(-c5cc6ccccc6c6c5ccc5ccc7ccccc7c56)cc4)c4ccc5sc6ccccc6c5c4)ccc32)cc1. The molecule has 0 aliphatic carbocycles. The van der Waals surface area contributed by atoms with Gasteiger partial charge >= 0.3 is 0 Å². The number of aromatic nitrogens is 1. The zero-order valence-electron chi connectivity index (χ0n) is 33.1. The molecule has 0 N–H and O–H groups in total. The highest BCUT2D eigenvalue weighted by molar-refractivity contribution is 7.25. The fourth-order valence-electron chi connectivity index (χ4n) is 9.97. The second-order valence-corrected chi connectivity index (χ2v) is 17.2. The molecule has 284 valence electrons. The van der Waals surface area contributed by atoms with Crippen LogP contribution in [0.4, 0.5) is 17.1 Å². The van der Waals surface area contributed by atoms with E-state index in [2.05, 4.69) is 228 Å². The Balaban J connectivity index is 1.02. The lowest BCUT2D eigenvalue weighted by Gasteiger charge is -2.26. The lowest BCUT2D eigenvalue weighted by atomic mass is 9.88. The normalized spacial score (nSPS) is 11.9. The first-order valence-electron chi connectivity index (χ1n) is 20.9. The molecule has 0 saturated carbocycles. The molecular weight excluding hydrogens is 757 g/mol. The maximum Gasteiger partial charge on any atom is 0.0542 e. The molecule has 11 aromatic carbocycles. The van der Waals surface area contributed by atoms with Gasteiger partial charge in [0.25, 0.3) is 0 Å². The first kappa shape index (κ1) is 34.2. The van der Waals surface area contributed by atoms with Crippen molar-refractivity contribution in [3.8, 4) is 16.8 Å². The van der Waals surface area contributed by atoms with Crippen LogP contribution in [0.3, 0.4) is 0 Å². The van der Waals surface area contributed by atoms with E-state index in [9.17, 15) is 0 Å². The van der Waals surface area contributed by atoms with E-state index in [1.54, 1.807) is 0 Å². The Labute approximate surface area is 356 Å². The highest BCUT2D eigenvalue weighted by Crippen LogP contribution is 2.45. The summed E-state index contributed by atoms with van der Waals surface area (Å²) in [7, 11) is 0. The predicted octanol–water partition coefficient (Wildman–Crippen LogP) is 16.9. The van der Waals surface area contributed by atoms with Crippen molar-refractivity contribution in [3.63, 3.8) is 0 Å². The second-order valence-electron chi connectivity index (χ2n) is 16.1. The maximum absolute atomic E-state index is 2.43. The van der Waals surface area contributed by atoms with Crippen LogP contribution in [-0.2, 0) is 0 Å². The van der Waals surface area contributed by atoms with Crippen molar-refractivity contribution >= 4 is 113 Å². The maximum atomic E-state index is 2.43. The molecule has 0 radical (unpaired) electrons. The van der Waals surface area contributed by atoms with Crippen molar-refractivity contribution in [3.05, 3.63) is 218 Å². The minimum Gasteiger partial charge on any atom is -0.310 e. The van der Waals surface area contributed by atoms with Gasteiger partial charge in [0.05, 0.1) is 11.0 Å². The molecule has 2 aromatic heterocycles. The molecule has 0 amide bonds. The van der Waals surface area contributed by atoms with E-state index in [-0.39, 0.29) is 0 Å². The van der Waals surface area contributed by atoms with Crippen molar-refractivity contribution in [1.29, 1.82) is 0 Å². The van der Waals surface area contributed by atoms with E-state index >= 15 is 0 Å². The Bertz CT molecular complexity index is 3880. The van der Waals surface area contributed by atoms with E-state index in [1.807, 2.05) is 11.3 Å². The highest BCUT2D eigenvalue weighted by Gasteiger charge is 2.20. The molecule has 61 heavy (non-hydrogen) atoms. The van der Waals surface area contributed by atoms with E-state index in [0.29, 0.717) is 0 Å². The third-order valence-electron chi connectivity index (χ3n) is 12.7. The Morgan fingerprint density at radius 1 is 0.328 bits per heavy atom. The summed E-state index contributed by atoms with van der Waals surface area (Å²) in [4.78, 5) is 2.43. The van der Waals surface area contributed by atoms with E-state index in [4.69, 9.17) is 0 Å². The number of thiophene rings is 1. The summed E-state index contributed by atoms with van der Waals surface area (Å²) >= 11 is 1.86. The van der Waals surface area contributed by atoms with Gasteiger partial charge in [0.1, 0.15) is 0 Å². The number of benzene rings is 11. The molecule has 2 nitrogen and oxygen atoms in total. The smallest absolute Gasteiger partial charge is 0.0542 e. The van der Waals surface area contributed by atoms with Crippen LogP contribution in [0.15, 0.2) is 218 Å². The van der Waals surface area contributed by atoms with E-state index < -0.39 is 0 Å². The molecule has 0 atom stereocenters. The van der Waals surface area contributed by atoms with Crippen LogP contribution in [0, 0.1) is 0 Å². The van der Waals surface area contributed by atoms with Crippen LogP contribution < -0.4 is 4.90 Å². The predicted molar refractivity (Wildman–Crippen MR) is 264 cm³/mol. The summed E-state index contributed by atoms with van der Waals surface area (Å²) in [6, 6.07) is 80.6. The number of fused-ring (bicyclic) bond motifs is 13. The van der Waals surface area contributed by atoms with Crippen molar-refractivity contribution in [1.82, 2.24) is 4.57 Å². The summed E-state index contributed by atoms with van der Waals surface area (Å²) in [6.45, 7) is 0. The number of rotatable bonds is 5. The number of hydrogen-bond acceptors (Lipinski definition) is 2. The van der Waals surface area contributed by atoms with Gasteiger partial charge in [-0.3, -0.25) is 0 Å². The Morgan fingerprint density at radius 2 is 0.918 bits per heavy atom. The topological polar surface area (TPSA) is 8.17 Å². The Kier molecular flexibility index (Phi) is 7.51. The van der Waals surface area contributed by atoms with Crippen LogP contribution in [-0.4, -0.2) is 4.57 Å². The molecule has 0 aliphatic heterocycles. The van der Waals surface area contributed by atoms with E-state index in [1.165, 1.54) is 96.2 Å². The fraction of sp³-hybridized carbons (Fsp3) is 0. The van der Waals surface area contributed by atoms with Crippen LogP contribution in [0.2, 0.25) is 0 Å². The van der Waals surface area contributed by atoms with Crippen molar-refractivity contribution in [2.45, 2.75) is 0 Å². The van der Waals surface area contributed by atoms with Gasteiger partial charge in [-0.2, -0.15) is 0 Å². The van der Waals surface area contributed by atoms with Crippen molar-refractivity contribution < 1.29 is 0 Å². The average Bonchev–Trinajstić information content (AvgIpc) is 3.87. The van der Waals surface area contributed by atoms with Crippen LogP contribution in [0.1, 0.15) is 0 Å². The molecule has 0 bridgehead atoms. The first-order valence-corrected chi connectivity index (χ1v) is 21.7. The van der Waals surface area contributed by atoms with Crippen LogP contribution in [0.25, 0.3) is 102 Å². The largest absolute Gasteiger partial charge is 0.310 e. The molecule has 13 aromatic rings. The molecule has 0 spiro atoms. The number of nitrogens with zero attached hydrogens (tertiary/aromatic N) is 2. The molecular formula is C58H36N2S. The molecule has 3 heteroatoms. The molecule has 0 fully saturated rings. The van der Waals surface area contributed by atoms with Crippen molar-refractivity contribution in [2.24, 2.45) is 0 Å². The zero-order valence-corrected chi connectivity index (χ0v) is 33.9. The van der Waals surface area contributed by atoms with Crippen molar-refractivity contribution in [2.75, 3.05) is 4.90 Å². The molecule has 0 unspecified atom stereocenters. The lowest BCUT2D eigenvalue weighted by molar-refractivity contribution is 1.18. The van der Waals surface area contributed by atoms with Gasteiger partial charge in [0, 0.05) is 53.7 Å². The standard InChI is InChI=1S/C58H36N2S/c1-2-14-41(15-3-1)60-53-20-10-8-18-47(53)51-35-43(29-32-54(51)60)59(44-30-33-56-52(36-44)48-19-9-11-21-55(48)61-56)42-27-24-38(25-28-42)50-34-40-13-5-7-17-46(40)58-49(50)31-26-39-23-22-37-12-4-6-16-45(37)57(39)58/h1-36H. The van der Waals surface area contributed by atoms with Crippen LogP contribution in [0.5, 0.6) is 0 Å². The van der Waals surface area contributed by atoms with Gasteiger partial charge in [-0.05, 0) is 133 Å². The van der Waals surface area contributed by atoms with E-state index in [0.717, 1.165) is 22.7 Å². The summed E-state index contributed by atoms with van der Waals surface area (Å²) in [6.07, 6.45) is 0. The summed E-state index contributed by atoms with van der Waals surface area (Å²) in [5.74, 6) is 0. The van der Waals surface area contributed by atoms with Gasteiger partial charge in [-0.15, -0.1) is 11.3 Å². The Hall–Kier alpha value is -7.72. The lowest BCUT2D eigenvalue weighted by Crippen LogP contribution is -2.09. The molecule has 0 aliphatic rings. The van der Waals surface area contributed by atoms with Gasteiger partial charge in [-0.1, -0.05) is 140 Å². The van der Waals surface area contributed by atoms with Gasteiger partial charge in [0.15, 0.2) is 0 Å². The summed E-state index contributed by atoms with van der Waals surface area (Å²) in [5.41, 5.74) is 9.33. The number of para-hydroxylation sites is 2. The van der Waals surface area contributed by atoms with Crippen LogP contribution >= 0.6 is 11.3 Å². The zero-order chi connectivity index (χ0) is 40.0. The minimum absolute atomic E-state index is 1.11. The summed E-state index contributed by atoms with van der Waals surface area (Å²) < 4.78 is 4.99. The minimum atomic E-state index is 1.11.